The molecule has 0 spiro atoms. The van der Waals surface area contributed by atoms with Crippen LogP contribution in [0.2, 0.25) is 0 Å². The molecule has 0 aromatic heterocycles. The third kappa shape index (κ3) is 2.32. The van der Waals surface area contributed by atoms with Gasteiger partial charge in [-0.3, -0.25) is 4.90 Å². The predicted molar refractivity (Wildman–Crippen MR) is 77.4 cm³/mol. The number of likely N-dealkylation sites (N-methyl/N-ethyl adjacent to an activating group) is 1. The maximum absolute atomic E-state index is 6.11. The smallest absolute Gasteiger partial charge is 0.0357 e. The second-order valence-corrected chi connectivity index (χ2v) is 5.88. The molecular formula is C16H26N2. The third-order valence-corrected chi connectivity index (χ3v) is 4.95. The van der Waals surface area contributed by atoms with E-state index in [9.17, 15) is 0 Å². The van der Waals surface area contributed by atoms with Crippen molar-refractivity contribution in [3.63, 3.8) is 0 Å². The fraction of sp³-hybridized carbons (Fsp3) is 0.625. The molecule has 1 aliphatic carbocycles. The van der Waals surface area contributed by atoms with E-state index in [0.717, 1.165) is 13.1 Å². The van der Waals surface area contributed by atoms with Crippen LogP contribution in [0.3, 0.4) is 0 Å². The Morgan fingerprint density at radius 1 is 1.39 bits per heavy atom. The molecule has 2 rings (SSSR count). The Bertz CT molecular complexity index is 402. The first-order chi connectivity index (χ1) is 8.60. The highest BCUT2D eigenvalue weighted by Gasteiger charge is 2.42. The Labute approximate surface area is 111 Å². The van der Waals surface area contributed by atoms with Crippen molar-refractivity contribution in [1.82, 2.24) is 4.90 Å². The second-order valence-electron chi connectivity index (χ2n) is 5.88. The lowest BCUT2D eigenvalue weighted by Gasteiger charge is -2.42. The number of aryl methyl sites for hydroxylation is 1. The molecule has 0 amide bonds. The number of hydrogen-bond donors (Lipinski definition) is 1. The van der Waals surface area contributed by atoms with E-state index < -0.39 is 0 Å². The highest BCUT2D eigenvalue weighted by atomic mass is 15.2. The monoisotopic (exact) mass is 246 g/mol. The minimum Gasteiger partial charge on any atom is -0.329 e. The van der Waals surface area contributed by atoms with Gasteiger partial charge in [-0.1, -0.05) is 37.6 Å². The first-order valence-electron chi connectivity index (χ1n) is 7.06. The van der Waals surface area contributed by atoms with Crippen molar-refractivity contribution < 1.29 is 0 Å². The first kappa shape index (κ1) is 13.6. The molecule has 2 atom stereocenters. The van der Waals surface area contributed by atoms with Crippen molar-refractivity contribution in [2.24, 2.45) is 11.7 Å². The van der Waals surface area contributed by atoms with Crippen LogP contribution in [0, 0.1) is 12.8 Å². The van der Waals surface area contributed by atoms with Gasteiger partial charge in [-0.25, -0.2) is 0 Å². The van der Waals surface area contributed by atoms with Crippen LogP contribution in [-0.2, 0) is 6.54 Å². The first-order valence-corrected chi connectivity index (χ1v) is 7.06. The predicted octanol–water partition coefficient (Wildman–Crippen LogP) is 2.94. The van der Waals surface area contributed by atoms with Crippen molar-refractivity contribution in [3.05, 3.63) is 35.4 Å². The Balaban J connectivity index is 2.16. The Morgan fingerprint density at radius 3 is 2.67 bits per heavy atom. The summed E-state index contributed by atoms with van der Waals surface area (Å²) in [4.78, 5) is 2.49. The zero-order chi connectivity index (χ0) is 13.2. The Morgan fingerprint density at radius 2 is 2.11 bits per heavy atom. The summed E-state index contributed by atoms with van der Waals surface area (Å²) < 4.78 is 0. The standard InChI is InChI=1S/C16H26N2/c1-13-7-4-5-9-15(13)11-18(3)16(12-17)10-6-8-14(16)2/h4-5,7,9,14H,6,8,10-12,17H2,1-3H3. The van der Waals surface area contributed by atoms with Crippen molar-refractivity contribution in [2.75, 3.05) is 13.6 Å². The zero-order valence-electron chi connectivity index (χ0n) is 11.9. The highest BCUT2D eigenvalue weighted by Crippen LogP contribution is 2.39. The minimum atomic E-state index is 0.211. The Kier molecular flexibility index (Phi) is 4.08. The van der Waals surface area contributed by atoms with Crippen molar-refractivity contribution in [2.45, 2.75) is 45.2 Å². The largest absolute Gasteiger partial charge is 0.329 e. The van der Waals surface area contributed by atoms with E-state index in [2.05, 4.69) is 50.1 Å². The molecule has 0 heterocycles. The van der Waals surface area contributed by atoms with E-state index in [1.807, 2.05) is 0 Å². The van der Waals surface area contributed by atoms with Gasteiger partial charge in [-0.05, 0) is 43.9 Å². The molecule has 2 N–H and O–H groups in total. The van der Waals surface area contributed by atoms with Crippen LogP contribution in [0.15, 0.2) is 24.3 Å². The number of rotatable bonds is 4. The lowest BCUT2D eigenvalue weighted by Crippen LogP contribution is -2.53. The zero-order valence-corrected chi connectivity index (χ0v) is 11.9. The van der Waals surface area contributed by atoms with Crippen molar-refractivity contribution >= 4 is 0 Å². The molecule has 1 aromatic rings. The molecule has 2 nitrogen and oxygen atoms in total. The molecule has 0 saturated heterocycles. The number of hydrogen-bond acceptors (Lipinski definition) is 2. The minimum absolute atomic E-state index is 0.211. The van der Waals surface area contributed by atoms with E-state index >= 15 is 0 Å². The van der Waals surface area contributed by atoms with Gasteiger partial charge in [0, 0.05) is 18.6 Å². The molecule has 0 bridgehead atoms. The quantitative estimate of drug-likeness (QED) is 0.885. The molecule has 2 heteroatoms. The maximum Gasteiger partial charge on any atom is 0.0357 e. The summed E-state index contributed by atoms with van der Waals surface area (Å²) in [5.74, 6) is 0.705. The van der Waals surface area contributed by atoms with E-state index in [4.69, 9.17) is 5.73 Å². The average Bonchev–Trinajstić information content (AvgIpc) is 2.74. The SMILES string of the molecule is Cc1ccccc1CN(C)C1(CN)CCCC1C. The van der Waals surface area contributed by atoms with Gasteiger partial charge in [0.15, 0.2) is 0 Å². The number of nitrogens with two attached hydrogens (primary N) is 1. The molecule has 1 fully saturated rings. The Hall–Kier alpha value is -0.860. The molecule has 1 aromatic carbocycles. The van der Waals surface area contributed by atoms with E-state index in [0.29, 0.717) is 5.92 Å². The normalized spacial score (nSPS) is 27.9. The fourth-order valence-corrected chi connectivity index (χ4v) is 3.46. The maximum atomic E-state index is 6.11. The summed E-state index contributed by atoms with van der Waals surface area (Å²) >= 11 is 0. The van der Waals surface area contributed by atoms with Crippen LogP contribution in [0.4, 0.5) is 0 Å². The third-order valence-electron chi connectivity index (χ3n) is 4.95. The summed E-state index contributed by atoms with van der Waals surface area (Å²) in [7, 11) is 2.24. The molecule has 0 aliphatic heterocycles. The van der Waals surface area contributed by atoms with Gasteiger partial charge in [0.25, 0.3) is 0 Å². The van der Waals surface area contributed by atoms with Crippen LogP contribution in [0.1, 0.15) is 37.3 Å². The molecule has 100 valence electrons. The molecular weight excluding hydrogens is 220 g/mol. The average molecular weight is 246 g/mol. The van der Waals surface area contributed by atoms with E-state index in [1.165, 1.54) is 30.4 Å². The van der Waals surface area contributed by atoms with Crippen molar-refractivity contribution in [1.29, 1.82) is 0 Å². The van der Waals surface area contributed by atoms with Gasteiger partial charge >= 0.3 is 0 Å². The van der Waals surface area contributed by atoms with Gasteiger partial charge < -0.3 is 5.73 Å². The highest BCUT2D eigenvalue weighted by molar-refractivity contribution is 5.25. The molecule has 18 heavy (non-hydrogen) atoms. The molecule has 1 saturated carbocycles. The summed E-state index contributed by atoms with van der Waals surface area (Å²) in [6.45, 7) is 6.33. The van der Waals surface area contributed by atoms with Gasteiger partial charge in [-0.15, -0.1) is 0 Å². The van der Waals surface area contributed by atoms with Gasteiger partial charge in [0.2, 0.25) is 0 Å². The summed E-state index contributed by atoms with van der Waals surface area (Å²) in [5.41, 5.74) is 9.12. The lowest BCUT2D eigenvalue weighted by atomic mass is 9.86. The van der Waals surface area contributed by atoms with Gasteiger partial charge in [0.05, 0.1) is 0 Å². The van der Waals surface area contributed by atoms with Crippen LogP contribution in [-0.4, -0.2) is 24.0 Å². The summed E-state index contributed by atoms with van der Waals surface area (Å²) in [5, 5.41) is 0. The molecule has 2 unspecified atom stereocenters. The van der Waals surface area contributed by atoms with E-state index in [1.54, 1.807) is 0 Å². The van der Waals surface area contributed by atoms with Crippen LogP contribution < -0.4 is 5.73 Å². The number of benzene rings is 1. The van der Waals surface area contributed by atoms with Crippen LogP contribution >= 0.6 is 0 Å². The van der Waals surface area contributed by atoms with Gasteiger partial charge in [0.1, 0.15) is 0 Å². The van der Waals surface area contributed by atoms with Crippen LogP contribution in [0.5, 0.6) is 0 Å². The molecule has 0 radical (unpaired) electrons. The van der Waals surface area contributed by atoms with E-state index in [-0.39, 0.29) is 5.54 Å². The summed E-state index contributed by atoms with van der Waals surface area (Å²) in [6, 6.07) is 8.66. The lowest BCUT2D eigenvalue weighted by molar-refractivity contribution is 0.0840. The van der Waals surface area contributed by atoms with Crippen molar-refractivity contribution in [3.8, 4) is 0 Å². The fourth-order valence-electron chi connectivity index (χ4n) is 3.46. The number of nitrogens with zero attached hydrogens (tertiary/aromatic N) is 1. The second kappa shape index (κ2) is 5.41. The topological polar surface area (TPSA) is 29.3 Å². The summed E-state index contributed by atoms with van der Waals surface area (Å²) in [6.07, 6.45) is 3.87. The van der Waals surface area contributed by atoms with Crippen LogP contribution in [0.25, 0.3) is 0 Å². The molecule has 1 aliphatic rings. The van der Waals surface area contributed by atoms with Gasteiger partial charge in [-0.2, -0.15) is 0 Å².